The maximum Gasteiger partial charge on any atom is 0.112 e. The Labute approximate surface area is 121 Å². The van der Waals surface area contributed by atoms with Gasteiger partial charge in [-0.15, -0.1) is 0 Å². The molecule has 0 aliphatic heterocycles. The lowest BCUT2D eigenvalue weighted by Gasteiger charge is -2.14. The van der Waals surface area contributed by atoms with Crippen molar-refractivity contribution in [1.29, 1.82) is 0 Å². The zero-order valence-electron chi connectivity index (χ0n) is 11.0. The number of hydrogen-bond acceptors (Lipinski definition) is 3. The van der Waals surface area contributed by atoms with E-state index in [0.29, 0.717) is 12.6 Å². The Hall–Kier alpha value is -0.910. The number of benzene rings is 1. The van der Waals surface area contributed by atoms with Gasteiger partial charge in [-0.05, 0) is 31.0 Å². The summed E-state index contributed by atoms with van der Waals surface area (Å²) in [6.07, 6.45) is 3.30. The van der Waals surface area contributed by atoms with Crippen molar-refractivity contribution >= 4 is 27.0 Å². The van der Waals surface area contributed by atoms with Gasteiger partial charge in [0.15, 0.2) is 0 Å². The number of rotatable bonds is 5. The smallest absolute Gasteiger partial charge is 0.112 e. The van der Waals surface area contributed by atoms with E-state index in [1.54, 1.807) is 7.11 Å². The van der Waals surface area contributed by atoms with Crippen molar-refractivity contribution in [2.75, 3.05) is 13.7 Å². The highest BCUT2D eigenvalue weighted by Crippen LogP contribution is 2.39. The van der Waals surface area contributed by atoms with Crippen molar-refractivity contribution in [3.05, 3.63) is 28.5 Å². The average Bonchev–Trinajstić information content (AvgIpc) is 3.18. The fourth-order valence-electron chi connectivity index (χ4n) is 2.47. The lowest BCUT2D eigenvalue weighted by Crippen LogP contribution is -2.26. The standard InChI is InChI=1S/C14H18BrN3O/c1-19-11(8-16)7-14-17-12-6-9(15)2-5-13(12)18(14)10-3-4-10/h2,5-6,10-11H,3-4,7-8,16H2,1H3. The number of hydrogen-bond donors (Lipinski definition) is 1. The Bertz CT molecular complexity index is 588. The number of ether oxygens (including phenoxy) is 1. The number of halogens is 1. The summed E-state index contributed by atoms with van der Waals surface area (Å²) in [6, 6.07) is 6.89. The summed E-state index contributed by atoms with van der Waals surface area (Å²) in [5, 5.41) is 0. The highest BCUT2D eigenvalue weighted by Gasteiger charge is 2.28. The lowest BCUT2D eigenvalue weighted by molar-refractivity contribution is 0.107. The Morgan fingerprint density at radius 3 is 2.95 bits per heavy atom. The third kappa shape index (κ3) is 2.55. The highest BCUT2D eigenvalue weighted by molar-refractivity contribution is 9.10. The van der Waals surface area contributed by atoms with Gasteiger partial charge in [-0.1, -0.05) is 15.9 Å². The zero-order chi connectivity index (χ0) is 13.4. The second-order valence-electron chi connectivity index (χ2n) is 5.06. The van der Waals surface area contributed by atoms with Crippen molar-refractivity contribution in [2.24, 2.45) is 5.73 Å². The molecule has 0 radical (unpaired) electrons. The van der Waals surface area contributed by atoms with Crippen LogP contribution in [0.5, 0.6) is 0 Å². The number of imidazole rings is 1. The first-order valence-corrected chi connectivity index (χ1v) is 7.41. The van der Waals surface area contributed by atoms with Gasteiger partial charge in [-0.25, -0.2) is 4.98 Å². The van der Waals surface area contributed by atoms with E-state index in [1.165, 1.54) is 18.4 Å². The molecular weight excluding hydrogens is 306 g/mol. The minimum absolute atomic E-state index is 0.0396. The predicted molar refractivity (Wildman–Crippen MR) is 79.3 cm³/mol. The topological polar surface area (TPSA) is 53.1 Å². The average molecular weight is 324 g/mol. The van der Waals surface area contributed by atoms with Crippen molar-refractivity contribution in [2.45, 2.75) is 31.4 Å². The van der Waals surface area contributed by atoms with Gasteiger partial charge in [0.2, 0.25) is 0 Å². The molecular formula is C14H18BrN3O. The summed E-state index contributed by atoms with van der Waals surface area (Å²) in [6.45, 7) is 0.522. The summed E-state index contributed by atoms with van der Waals surface area (Å²) < 4.78 is 8.82. The Morgan fingerprint density at radius 2 is 2.32 bits per heavy atom. The van der Waals surface area contributed by atoms with E-state index in [1.807, 2.05) is 0 Å². The van der Waals surface area contributed by atoms with Crippen LogP contribution in [-0.4, -0.2) is 29.3 Å². The largest absolute Gasteiger partial charge is 0.380 e. The first-order chi connectivity index (χ1) is 9.22. The molecule has 3 rings (SSSR count). The van der Waals surface area contributed by atoms with E-state index in [2.05, 4.69) is 38.7 Å². The monoisotopic (exact) mass is 323 g/mol. The molecule has 1 aliphatic carbocycles. The van der Waals surface area contributed by atoms with Crippen LogP contribution in [0.15, 0.2) is 22.7 Å². The van der Waals surface area contributed by atoms with Gasteiger partial charge in [0.25, 0.3) is 0 Å². The number of aromatic nitrogens is 2. The number of nitrogens with zero attached hydrogens (tertiary/aromatic N) is 2. The van der Waals surface area contributed by atoms with Gasteiger partial charge in [-0.2, -0.15) is 0 Å². The quantitative estimate of drug-likeness (QED) is 0.920. The molecule has 1 unspecified atom stereocenters. The molecule has 1 aromatic heterocycles. The molecule has 0 amide bonds. The third-order valence-corrected chi connectivity index (χ3v) is 4.14. The van der Waals surface area contributed by atoms with Crippen LogP contribution in [0.2, 0.25) is 0 Å². The Kier molecular flexibility index (Phi) is 3.60. The molecule has 2 aromatic rings. The van der Waals surface area contributed by atoms with E-state index in [9.17, 15) is 0 Å². The first-order valence-electron chi connectivity index (χ1n) is 6.62. The summed E-state index contributed by atoms with van der Waals surface area (Å²) in [4.78, 5) is 4.77. The van der Waals surface area contributed by atoms with Gasteiger partial charge in [-0.3, -0.25) is 0 Å². The summed E-state index contributed by atoms with van der Waals surface area (Å²) >= 11 is 3.50. The van der Waals surface area contributed by atoms with Gasteiger partial charge in [0.05, 0.1) is 17.1 Å². The molecule has 1 atom stereocenters. The zero-order valence-corrected chi connectivity index (χ0v) is 12.6. The van der Waals surface area contributed by atoms with E-state index in [-0.39, 0.29) is 6.10 Å². The first kappa shape index (κ1) is 13.1. The van der Waals surface area contributed by atoms with Crippen LogP contribution in [0.25, 0.3) is 11.0 Å². The Balaban J connectivity index is 2.04. The summed E-state index contributed by atoms with van der Waals surface area (Å²) in [5.41, 5.74) is 7.98. The van der Waals surface area contributed by atoms with E-state index >= 15 is 0 Å². The maximum atomic E-state index is 5.72. The summed E-state index contributed by atoms with van der Waals surface area (Å²) in [5.74, 6) is 1.09. The molecule has 1 saturated carbocycles. The maximum absolute atomic E-state index is 5.72. The normalized spacial score (nSPS) is 17.0. The lowest BCUT2D eigenvalue weighted by atomic mass is 10.2. The SMILES string of the molecule is COC(CN)Cc1nc2cc(Br)ccc2n1C1CC1. The Morgan fingerprint density at radius 1 is 1.53 bits per heavy atom. The fourth-order valence-corrected chi connectivity index (χ4v) is 2.82. The van der Waals surface area contributed by atoms with Crippen LogP contribution >= 0.6 is 15.9 Å². The van der Waals surface area contributed by atoms with Gasteiger partial charge in [0.1, 0.15) is 5.82 Å². The van der Waals surface area contributed by atoms with Crippen LogP contribution in [0.4, 0.5) is 0 Å². The predicted octanol–water partition coefficient (Wildman–Crippen LogP) is 2.65. The molecule has 1 aliphatic rings. The van der Waals surface area contributed by atoms with Crippen LogP contribution in [0.3, 0.4) is 0 Å². The fraction of sp³-hybridized carbons (Fsp3) is 0.500. The van der Waals surface area contributed by atoms with Gasteiger partial charge in [0, 0.05) is 30.6 Å². The minimum Gasteiger partial charge on any atom is -0.380 e. The molecule has 19 heavy (non-hydrogen) atoms. The minimum atomic E-state index is 0.0396. The molecule has 4 nitrogen and oxygen atoms in total. The number of methoxy groups -OCH3 is 1. The molecule has 2 N–H and O–H groups in total. The van der Waals surface area contributed by atoms with Crippen molar-refractivity contribution in [3.63, 3.8) is 0 Å². The second kappa shape index (κ2) is 5.23. The van der Waals surface area contributed by atoms with Gasteiger partial charge < -0.3 is 15.0 Å². The molecule has 1 heterocycles. The molecule has 0 saturated heterocycles. The molecule has 0 bridgehead atoms. The summed E-state index contributed by atoms with van der Waals surface area (Å²) in [7, 11) is 1.71. The number of nitrogens with two attached hydrogens (primary N) is 1. The van der Waals surface area contributed by atoms with Crippen LogP contribution < -0.4 is 5.73 Å². The van der Waals surface area contributed by atoms with E-state index in [4.69, 9.17) is 15.5 Å². The van der Waals surface area contributed by atoms with Crippen molar-refractivity contribution in [3.8, 4) is 0 Å². The molecule has 102 valence electrons. The highest BCUT2D eigenvalue weighted by atomic mass is 79.9. The molecule has 5 heteroatoms. The number of fused-ring (bicyclic) bond motifs is 1. The van der Waals surface area contributed by atoms with Gasteiger partial charge >= 0.3 is 0 Å². The van der Waals surface area contributed by atoms with Crippen LogP contribution in [-0.2, 0) is 11.2 Å². The van der Waals surface area contributed by atoms with Crippen molar-refractivity contribution < 1.29 is 4.74 Å². The second-order valence-corrected chi connectivity index (χ2v) is 5.98. The molecule has 1 aromatic carbocycles. The van der Waals surface area contributed by atoms with Crippen LogP contribution in [0.1, 0.15) is 24.7 Å². The molecule has 0 spiro atoms. The third-order valence-electron chi connectivity index (χ3n) is 3.64. The van der Waals surface area contributed by atoms with E-state index < -0.39 is 0 Å². The molecule has 1 fully saturated rings. The van der Waals surface area contributed by atoms with Crippen molar-refractivity contribution in [1.82, 2.24) is 9.55 Å². The van der Waals surface area contributed by atoms with Crippen LogP contribution in [0, 0.1) is 0 Å². The van der Waals surface area contributed by atoms with E-state index in [0.717, 1.165) is 22.2 Å².